The second-order valence-corrected chi connectivity index (χ2v) is 10.3. The van der Waals surface area contributed by atoms with Crippen LogP contribution < -0.4 is 16.2 Å². The second-order valence-electron chi connectivity index (χ2n) is 9.26. The summed E-state index contributed by atoms with van der Waals surface area (Å²) < 4.78 is 1.36. The zero-order valence-corrected chi connectivity index (χ0v) is 19.5. The lowest BCUT2D eigenvalue weighted by Crippen LogP contribution is -2.33. The van der Waals surface area contributed by atoms with Gasteiger partial charge >= 0.3 is 0 Å². The van der Waals surface area contributed by atoms with Crippen LogP contribution in [-0.2, 0) is 24.2 Å². The van der Waals surface area contributed by atoms with Crippen LogP contribution in [0.5, 0.6) is 0 Å². The maximum absolute atomic E-state index is 13.2. The molecule has 2 heterocycles. The Labute approximate surface area is 196 Å². The molecule has 2 aromatic heterocycles. The number of nitrogens with zero attached hydrogens (tertiary/aromatic N) is 2. The number of benzene rings is 1. The highest BCUT2D eigenvalue weighted by Gasteiger charge is 2.24. The van der Waals surface area contributed by atoms with Crippen molar-refractivity contribution in [3.05, 3.63) is 57.0 Å². The van der Waals surface area contributed by atoms with Crippen LogP contribution in [0.2, 0.25) is 0 Å². The van der Waals surface area contributed by atoms with Crippen molar-refractivity contribution >= 4 is 39.1 Å². The van der Waals surface area contributed by atoms with E-state index in [0.29, 0.717) is 22.6 Å². The summed E-state index contributed by atoms with van der Waals surface area (Å²) in [6.45, 7) is 2.08. The molecule has 2 N–H and O–H groups in total. The Morgan fingerprint density at radius 3 is 2.79 bits per heavy atom. The molecule has 0 spiro atoms. The molecule has 7 nitrogen and oxygen atoms in total. The monoisotopic (exact) mass is 464 g/mol. The van der Waals surface area contributed by atoms with E-state index in [4.69, 9.17) is 0 Å². The normalized spacial score (nSPS) is 18.3. The van der Waals surface area contributed by atoms with E-state index >= 15 is 0 Å². The number of amides is 2. The Hall–Kier alpha value is -3.00. The Balaban J connectivity index is 1.34. The highest BCUT2D eigenvalue weighted by molar-refractivity contribution is 7.18. The fourth-order valence-corrected chi connectivity index (χ4v) is 6.29. The Morgan fingerprint density at radius 2 is 1.97 bits per heavy atom. The molecule has 1 aromatic carbocycles. The molecule has 2 aliphatic carbocycles. The number of rotatable bonds is 5. The topological polar surface area (TPSA) is 93.1 Å². The summed E-state index contributed by atoms with van der Waals surface area (Å²) in [5.74, 6) is 0.0683. The summed E-state index contributed by atoms with van der Waals surface area (Å²) in [5.41, 5.74) is 1.81. The third-order valence-corrected chi connectivity index (χ3v) is 7.89. The van der Waals surface area contributed by atoms with Gasteiger partial charge in [-0.05, 0) is 55.7 Å². The average molecular weight is 465 g/mol. The third-order valence-electron chi connectivity index (χ3n) is 6.73. The van der Waals surface area contributed by atoms with Gasteiger partial charge in [0.15, 0.2) is 0 Å². The van der Waals surface area contributed by atoms with Crippen molar-refractivity contribution in [2.75, 3.05) is 5.32 Å². The quantitative estimate of drug-likeness (QED) is 0.599. The standard InChI is InChI=1S/C25H28N4O3S/c1-15-10-11-18-20(12-15)33-24-22(18)25(32)29(14-26-24)13-21(30)28-19-9-5-4-8-17(19)23(31)27-16-6-2-3-7-16/h4-5,8-9,14-16H,2-3,6-7,10-13H2,1H3,(H,27,31)(H,28,30). The highest BCUT2D eigenvalue weighted by Crippen LogP contribution is 2.35. The lowest BCUT2D eigenvalue weighted by Gasteiger charge is -2.17. The van der Waals surface area contributed by atoms with Gasteiger partial charge in [-0.2, -0.15) is 0 Å². The molecule has 2 aliphatic rings. The van der Waals surface area contributed by atoms with Crippen LogP contribution in [0.1, 0.15) is 59.8 Å². The first-order valence-electron chi connectivity index (χ1n) is 11.7. The van der Waals surface area contributed by atoms with E-state index < -0.39 is 0 Å². The number of aryl methyl sites for hydroxylation is 1. The maximum Gasteiger partial charge on any atom is 0.262 e. The lowest BCUT2D eigenvalue weighted by molar-refractivity contribution is -0.116. The van der Waals surface area contributed by atoms with E-state index in [1.54, 1.807) is 35.6 Å². The Kier molecular flexibility index (Phi) is 6.01. The first-order valence-corrected chi connectivity index (χ1v) is 12.5. The van der Waals surface area contributed by atoms with E-state index in [1.165, 1.54) is 15.8 Å². The van der Waals surface area contributed by atoms with E-state index in [0.717, 1.165) is 55.3 Å². The maximum atomic E-state index is 13.2. The number of anilines is 1. The molecule has 1 atom stereocenters. The number of nitrogens with one attached hydrogen (secondary N) is 2. The number of thiophene rings is 1. The zero-order chi connectivity index (χ0) is 22.9. The van der Waals surface area contributed by atoms with Crippen LogP contribution in [0, 0.1) is 5.92 Å². The molecule has 8 heteroatoms. The number of hydrogen-bond acceptors (Lipinski definition) is 5. The molecule has 5 rings (SSSR count). The first-order chi connectivity index (χ1) is 16.0. The molecular weight excluding hydrogens is 436 g/mol. The van der Waals surface area contributed by atoms with Gasteiger partial charge in [0.05, 0.1) is 23.0 Å². The number of fused-ring (bicyclic) bond motifs is 3. The molecule has 172 valence electrons. The van der Waals surface area contributed by atoms with Gasteiger partial charge in [0.1, 0.15) is 11.4 Å². The molecule has 3 aromatic rings. The van der Waals surface area contributed by atoms with Gasteiger partial charge in [-0.1, -0.05) is 31.9 Å². The van der Waals surface area contributed by atoms with E-state index in [9.17, 15) is 14.4 Å². The molecular formula is C25H28N4O3S. The first kappa shape index (κ1) is 21.8. The predicted octanol–water partition coefficient (Wildman–Crippen LogP) is 3.89. The Morgan fingerprint density at radius 1 is 1.18 bits per heavy atom. The predicted molar refractivity (Wildman–Crippen MR) is 130 cm³/mol. The van der Waals surface area contributed by atoms with Crippen molar-refractivity contribution < 1.29 is 9.59 Å². The Bertz CT molecular complexity index is 1270. The molecule has 1 unspecified atom stereocenters. The number of carbonyl (C=O) groups is 2. The number of aromatic nitrogens is 2. The van der Waals surface area contributed by atoms with Crippen molar-refractivity contribution in [3.63, 3.8) is 0 Å². The van der Waals surface area contributed by atoms with Crippen molar-refractivity contribution in [2.45, 2.75) is 64.5 Å². The molecule has 0 radical (unpaired) electrons. The van der Waals surface area contributed by atoms with Gasteiger partial charge in [0, 0.05) is 10.9 Å². The molecule has 0 saturated heterocycles. The van der Waals surface area contributed by atoms with Gasteiger partial charge < -0.3 is 10.6 Å². The van der Waals surface area contributed by atoms with Crippen LogP contribution in [0.3, 0.4) is 0 Å². The van der Waals surface area contributed by atoms with Crippen molar-refractivity contribution in [1.29, 1.82) is 0 Å². The highest BCUT2D eigenvalue weighted by atomic mass is 32.1. The molecule has 2 amide bonds. The number of carbonyl (C=O) groups excluding carboxylic acids is 2. The second kappa shape index (κ2) is 9.09. The van der Waals surface area contributed by atoms with Crippen LogP contribution in [0.15, 0.2) is 35.4 Å². The fourth-order valence-electron chi connectivity index (χ4n) is 4.95. The largest absolute Gasteiger partial charge is 0.349 e. The number of para-hydroxylation sites is 1. The van der Waals surface area contributed by atoms with Crippen LogP contribution in [0.4, 0.5) is 5.69 Å². The summed E-state index contributed by atoms with van der Waals surface area (Å²) in [6, 6.07) is 7.17. The summed E-state index contributed by atoms with van der Waals surface area (Å²) in [7, 11) is 0. The molecule has 0 bridgehead atoms. The van der Waals surface area contributed by atoms with E-state index in [1.807, 2.05) is 0 Å². The fraction of sp³-hybridized carbons (Fsp3) is 0.440. The third kappa shape index (κ3) is 4.44. The minimum absolute atomic E-state index is 0.151. The zero-order valence-electron chi connectivity index (χ0n) is 18.7. The van der Waals surface area contributed by atoms with E-state index in [2.05, 4.69) is 22.5 Å². The molecule has 1 fully saturated rings. The summed E-state index contributed by atoms with van der Waals surface area (Å²) in [6.07, 6.45) is 8.62. The molecule has 33 heavy (non-hydrogen) atoms. The van der Waals surface area contributed by atoms with Gasteiger partial charge in [-0.3, -0.25) is 19.0 Å². The molecule has 1 saturated carbocycles. The summed E-state index contributed by atoms with van der Waals surface area (Å²) >= 11 is 1.60. The SMILES string of the molecule is CC1CCc2c(sc3ncn(CC(=O)Nc4ccccc4C(=O)NC4CCCC4)c(=O)c23)C1. The molecule has 0 aliphatic heterocycles. The van der Waals surface area contributed by atoms with Gasteiger partial charge in [0.2, 0.25) is 5.91 Å². The van der Waals surface area contributed by atoms with Crippen LogP contribution in [0.25, 0.3) is 10.2 Å². The van der Waals surface area contributed by atoms with Gasteiger partial charge in [-0.15, -0.1) is 11.3 Å². The smallest absolute Gasteiger partial charge is 0.262 e. The van der Waals surface area contributed by atoms with Crippen LogP contribution >= 0.6 is 11.3 Å². The van der Waals surface area contributed by atoms with Crippen molar-refractivity contribution in [3.8, 4) is 0 Å². The average Bonchev–Trinajstić information content (AvgIpc) is 3.43. The van der Waals surface area contributed by atoms with Crippen LogP contribution in [-0.4, -0.2) is 27.4 Å². The van der Waals surface area contributed by atoms with Gasteiger partial charge in [-0.25, -0.2) is 4.98 Å². The van der Waals surface area contributed by atoms with E-state index in [-0.39, 0.29) is 30.0 Å². The van der Waals surface area contributed by atoms with Crippen molar-refractivity contribution in [2.24, 2.45) is 5.92 Å². The minimum Gasteiger partial charge on any atom is -0.349 e. The van der Waals surface area contributed by atoms with Crippen molar-refractivity contribution in [1.82, 2.24) is 14.9 Å². The summed E-state index contributed by atoms with van der Waals surface area (Å²) in [5, 5.41) is 6.54. The van der Waals surface area contributed by atoms with Gasteiger partial charge in [0.25, 0.3) is 11.5 Å². The minimum atomic E-state index is -0.364. The summed E-state index contributed by atoms with van der Waals surface area (Å²) in [4.78, 5) is 45.3. The number of hydrogen-bond donors (Lipinski definition) is 2. The lowest BCUT2D eigenvalue weighted by atomic mass is 9.89.